The quantitative estimate of drug-likeness (QED) is 0.653. The standard InChI is InChI=1S/C8H14BrNO/c1-10-4-2-7(3-5-10)8(11)6-9/h7H,2-6H2,1H3. The van der Waals surface area contributed by atoms with Gasteiger partial charge in [0.1, 0.15) is 5.78 Å². The lowest BCUT2D eigenvalue weighted by Crippen LogP contribution is -2.33. The highest BCUT2D eigenvalue weighted by molar-refractivity contribution is 9.09. The van der Waals surface area contributed by atoms with Crippen LogP contribution in [0.4, 0.5) is 0 Å². The van der Waals surface area contributed by atoms with E-state index in [4.69, 9.17) is 0 Å². The van der Waals surface area contributed by atoms with Crippen molar-refractivity contribution in [3.8, 4) is 0 Å². The van der Waals surface area contributed by atoms with Crippen molar-refractivity contribution in [2.24, 2.45) is 5.92 Å². The molecule has 64 valence electrons. The average molecular weight is 220 g/mol. The van der Waals surface area contributed by atoms with Gasteiger partial charge in [-0.25, -0.2) is 0 Å². The molecule has 1 rings (SSSR count). The summed E-state index contributed by atoms with van der Waals surface area (Å²) in [4.78, 5) is 13.5. The first-order chi connectivity index (χ1) is 5.24. The van der Waals surface area contributed by atoms with Crippen LogP contribution in [0.1, 0.15) is 12.8 Å². The highest BCUT2D eigenvalue weighted by Crippen LogP contribution is 2.17. The Balaban J connectivity index is 2.33. The Kier molecular flexibility index (Phi) is 3.52. The zero-order valence-electron chi connectivity index (χ0n) is 6.85. The summed E-state index contributed by atoms with van der Waals surface area (Å²) in [6, 6.07) is 0. The number of hydrogen-bond acceptors (Lipinski definition) is 2. The maximum atomic E-state index is 11.2. The molecule has 0 unspecified atom stereocenters. The van der Waals surface area contributed by atoms with Crippen molar-refractivity contribution in [1.82, 2.24) is 4.90 Å². The number of rotatable bonds is 2. The number of likely N-dealkylation sites (tertiary alicyclic amines) is 1. The highest BCUT2D eigenvalue weighted by Gasteiger charge is 2.21. The fourth-order valence-corrected chi connectivity index (χ4v) is 1.90. The second-order valence-electron chi connectivity index (χ2n) is 3.18. The van der Waals surface area contributed by atoms with Gasteiger partial charge in [0.2, 0.25) is 0 Å². The maximum absolute atomic E-state index is 11.2. The van der Waals surface area contributed by atoms with Gasteiger partial charge in [-0.05, 0) is 33.0 Å². The summed E-state index contributed by atoms with van der Waals surface area (Å²) in [6.45, 7) is 2.15. The Labute approximate surface area is 76.1 Å². The third-order valence-electron chi connectivity index (χ3n) is 2.31. The summed E-state index contributed by atoms with van der Waals surface area (Å²) in [5, 5.41) is 0.529. The fourth-order valence-electron chi connectivity index (χ4n) is 1.44. The van der Waals surface area contributed by atoms with Gasteiger partial charge in [0.05, 0.1) is 5.33 Å². The van der Waals surface area contributed by atoms with E-state index in [9.17, 15) is 4.79 Å². The monoisotopic (exact) mass is 219 g/mol. The highest BCUT2D eigenvalue weighted by atomic mass is 79.9. The molecule has 0 bridgehead atoms. The number of Topliss-reactive ketones (excluding diaryl/α,β-unsaturated/α-hetero) is 1. The number of ketones is 1. The van der Waals surface area contributed by atoms with E-state index in [0.717, 1.165) is 25.9 Å². The van der Waals surface area contributed by atoms with Gasteiger partial charge in [0, 0.05) is 5.92 Å². The van der Waals surface area contributed by atoms with Crippen LogP contribution >= 0.6 is 15.9 Å². The van der Waals surface area contributed by atoms with Crippen LogP contribution < -0.4 is 0 Å². The van der Waals surface area contributed by atoms with Gasteiger partial charge in [0.15, 0.2) is 0 Å². The number of carbonyl (C=O) groups excluding carboxylic acids is 1. The molecule has 0 aliphatic carbocycles. The Morgan fingerprint density at radius 3 is 2.55 bits per heavy atom. The lowest BCUT2D eigenvalue weighted by Gasteiger charge is -2.27. The molecule has 1 heterocycles. The third kappa shape index (κ3) is 2.56. The Morgan fingerprint density at radius 1 is 1.55 bits per heavy atom. The van der Waals surface area contributed by atoms with E-state index >= 15 is 0 Å². The second kappa shape index (κ2) is 4.21. The summed E-state index contributed by atoms with van der Waals surface area (Å²) < 4.78 is 0. The van der Waals surface area contributed by atoms with Crippen LogP contribution in [0.3, 0.4) is 0 Å². The summed E-state index contributed by atoms with van der Waals surface area (Å²) >= 11 is 3.20. The lowest BCUT2D eigenvalue weighted by atomic mass is 9.94. The molecular weight excluding hydrogens is 206 g/mol. The van der Waals surface area contributed by atoms with E-state index in [-0.39, 0.29) is 0 Å². The van der Waals surface area contributed by atoms with E-state index in [1.807, 2.05) is 0 Å². The molecule has 0 atom stereocenters. The van der Waals surface area contributed by atoms with Gasteiger partial charge >= 0.3 is 0 Å². The number of halogens is 1. The van der Waals surface area contributed by atoms with Crippen LogP contribution in [0.25, 0.3) is 0 Å². The van der Waals surface area contributed by atoms with Crippen molar-refractivity contribution in [3.05, 3.63) is 0 Å². The van der Waals surface area contributed by atoms with Crippen LogP contribution in [0.15, 0.2) is 0 Å². The van der Waals surface area contributed by atoms with E-state index < -0.39 is 0 Å². The predicted molar refractivity (Wildman–Crippen MR) is 49.0 cm³/mol. The van der Waals surface area contributed by atoms with Crippen LogP contribution in [-0.2, 0) is 4.79 Å². The summed E-state index contributed by atoms with van der Waals surface area (Å²) in [5.41, 5.74) is 0. The number of alkyl halides is 1. The number of piperidine rings is 1. The molecule has 0 amide bonds. The average Bonchev–Trinajstić information content (AvgIpc) is 2.05. The molecule has 1 aliphatic heterocycles. The van der Waals surface area contributed by atoms with Gasteiger partial charge in [-0.3, -0.25) is 4.79 Å². The maximum Gasteiger partial charge on any atom is 0.146 e. The molecule has 0 aromatic heterocycles. The van der Waals surface area contributed by atoms with E-state index in [0.29, 0.717) is 17.0 Å². The molecule has 0 spiro atoms. The summed E-state index contributed by atoms with van der Waals surface area (Å²) in [7, 11) is 2.11. The lowest BCUT2D eigenvalue weighted by molar-refractivity contribution is -0.121. The van der Waals surface area contributed by atoms with E-state index in [2.05, 4.69) is 27.9 Å². The smallest absolute Gasteiger partial charge is 0.146 e. The first kappa shape index (κ1) is 9.20. The molecule has 0 N–H and O–H groups in total. The van der Waals surface area contributed by atoms with Crippen LogP contribution in [0.2, 0.25) is 0 Å². The zero-order chi connectivity index (χ0) is 8.27. The first-order valence-corrected chi connectivity index (χ1v) is 5.13. The topological polar surface area (TPSA) is 20.3 Å². The molecule has 1 aliphatic rings. The van der Waals surface area contributed by atoms with Crippen LogP contribution in [0, 0.1) is 5.92 Å². The molecular formula is C8H14BrNO. The summed E-state index contributed by atoms with van der Waals surface area (Å²) in [5.74, 6) is 0.698. The zero-order valence-corrected chi connectivity index (χ0v) is 8.43. The Hall–Kier alpha value is 0.110. The van der Waals surface area contributed by atoms with E-state index in [1.54, 1.807) is 0 Å². The van der Waals surface area contributed by atoms with Crippen molar-refractivity contribution in [3.63, 3.8) is 0 Å². The molecule has 0 aromatic carbocycles. The molecule has 1 fully saturated rings. The first-order valence-electron chi connectivity index (χ1n) is 4.01. The molecule has 0 saturated carbocycles. The van der Waals surface area contributed by atoms with Crippen molar-refractivity contribution < 1.29 is 4.79 Å². The van der Waals surface area contributed by atoms with Gasteiger partial charge in [0.25, 0.3) is 0 Å². The fraction of sp³-hybridized carbons (Fsp3) is 0.875. The van der Waals surface area contributed by atoms with Gasteiger partial charge in [-0.1, -0.05) is 15.9 Å². The minimum absolute atomic E-state index is 0.325. The summed E-state index contributed by atoms with van der Waals surface area (Å²) in [6.07, 6.45) is 2.09. The molecule has 1 saturated heterocycles. The predicted octanol–water partition coefficient (Wildman–Crippen LogP) is 1.29. The molecule has 0 aromatic rings. The van der Waals surface area contributed by atoms with Crippen LogP contribution in [-0.4, -0.2) is 36.2 Å². The molecule has 0 radical (unpaired) electrons. The minimum atomic E-state index is 0.325. The Morgan fingerprint density at radius 2 is 2.09 bits per heavy atom. The minimum Gasteiger partial charge on any atom is -0.306 e. The van der Waals surface area contributed by atoms with Crippen molar-refractivity contribution in [2.45, 2.75) is 12.8 Å². The van der Waals surface area contributed by atoms with E-state index in [1.165, 1.54) is 0 Å². The van der Waals surface area contributed by atoms with Gasteiger partial charge in [-0.15, -0.1) is 0 Å². The molecule has 3 heteroatoms. The number of hydrogen-bond donors (Lipinski definition) is 0. The largest absolute Gasteiger partial charge is 0.306 e. The van der Waals surface area contributed by atoms with Gasteiger partial charge < -0.3 is 4.90 Å². The number of nitrogens with zero attached hydrogens (tertiary/aromatic N) is 1. The van der Waals surface area contributed by atoms with Crippen molar-refractivity contribution in [2.75, 3.05) is 25.5 Å². The molecule has 11 heavy (non-hydrogen) atoms. The second-order valence-corrected chi connectivity index (χ2v) is 3.74. The molecule has 2 nitrogen and oxygen atoms in total. The SMILES string of the molecule is CN1CCC(C(=O)CBr)CC1. The number of carbonyl (C=O) groups is 1. The third-order valence-corrected chi connectivity index (χ3v) is 2.86. The van der Waals surface area contributed by atoms with Crippen molar-refractivity contribution in [1.29, 1.82) is 0 Å². The normalized spacial score (nSPS) is 22.0. The van der Waals surface area contributed by atoms with Gasteiger partial charge in [-0.2, -0.15) is 0 Å². The van der Waals surface area contributed by atoms with Crippen molar-refractivity contribution >= 4 is 21.7 Å². The van der Waals surface area contributed by atoms with Crippen LogP contribution in [0.5, 0.6) is 0 Å². The Bertz CT molecular complexity index is 141.